The molecule has 1 saturated heterocycles. The average molecular weight is 511 g/mol. The number of halogens is 2. The SMILES string of the molecule is CCOC(=O)CN1C(=O)S/C(=C/c2cc(Cl)c(OCc3ccc([N+](=O)[O-])cc3)c(Cl)c2)C1=O. The third-order valence-corrected chi connectivity index (χ3v) is 5.78. The van der Waals surface area contributed by atoms with Crippen molar-refractivity contribution in [1.82, 2.24) is 4.90 Å². The van der Waals surface area contributed by atoms with E-state index in [1.807, 2.05) is 0 Å². The fraction of sp³-hybridized carbons (Fsp3) is 0.190. The highest BCUT2D eigenvalue weighted by Crippen LogP contribution is 2.37. The summed E-state index contributed by atoms with van der Waals surface area (Å²) in [7, 11) is 0. The Hall–Kier alpha value is -3.08. The number of esters is 1. The number of ether oxygens (including phenoxy) is 2. The molecule has 172 valence electrons. The minimum atomic E-state index is -0.679. The smallest absolute Gasteiger partial charge is 0.326 e. The second-order valence-corrected chi connectivity index (χ2v) is 8.41. The molecule has 0 aliphatic carbocycles. The Kier molecular flexibility index (Phi) is 7.96. The summed E-state index contributed by atoms with van der Waals surface area (Å²) in [6.07, 6.45) is 1.44. The van der Waals surface area contributed by atoms with Crippen LogP contribution in [0.15, 0.2) is 41.3 Å². The van der Waals surface area contributed by atoms with Gasteiger partial charge in [-0.2, -0.15) is 0 Å². The van der Waals surface area contributed by atoms with Gasteiger partial charge in [0, 0.05) is 12.1 Å². The lowest BCUT2D eigenvalue weighted by molar-refractivity contribution is -0.384. The molecule has 1 fully saturated rings. The summed E-state index contributed by atoms with van der Waals surface area (Å²) >= 11 is 13.3. The molecule has 33 heavy (non-hydrogen) atoms. The molecule has 0 N–H and O–H groups in total. The third kappa shape index (κ3) is 6.04. The van der Waals surface area contributed by atoms with Gasteiger partial charge in [-0.25, -0.2) is 0 Å². The lowest BCUT2D eigenvalue weighted by Crippen LogP contribution is -2.34. The van der Waals surface area contributed by atoms with Crippen molar-refractivity contribution in [1.29, 1.82) is 0 Å². The molecule has 1 heterocycles. The fourth-order valence-corrected chi connectivity index (χ4v) is 4.24. The van der Waals surface area contributed by atoms with E-state index in [-0.39, 0.29) is 39.6 Å². The van der Waals surface area contributed by atoms with E-state index >= 15 is 0 Å². The first-order chi connectivity index (χ1) is 15.7. The monoisotopic (exact) mass is 510 g/mol. The molecule has 2 aromatic rings. The summed E-state index contributed by atoms with van der Waals surface area (Å²) < 4.78 is 10.4. The summed E-state index contributed by atoms with van der Waals surface area (Å²) in [6, 6.07) is 8.86. The standard InChI is InChI=1S/C21H16Cl2N2O7S/c1-2-31-18(26)10-24-20(27)17(33-21(24)28)9-13-7-15(22)19(16(23)8-13)32-11-12-3-5-14(6-4-12)25(29)30/h3-9H,2,10-11H2,1H3/b17-9+. The maximum atomic E-state index is 12.5. The Morgan fingerprint density at radius 1 is 1.18 bits per heavy atom. The molecule has 0 aromatic heterocycles. The largest absolute Gasteiger partial charge is 0.486 e. The van der Waals surface area contributed by atoms with Gasteiger partial charge in [-0.3, -0.25) is 29.4 Å². The van der Waals surface area contributed by atoms with Gasteiger partial charge in [0.25, 0.3) is 16.8 Å². The molecule has 0 saturated carbocycles. The molecular formula is C21H16Cl2N2O7S. The Bertz CT molecular complexity index is 1130. The Morgan fingerprint density at radius 3 is 2.39 bits per heavy atom. The maximum Gasteiger partial charge on any atom is 0.326 e. The summed E-state index contributed by atoms with van der Waals surface area (Å²) in [4.78, 5) is 47.4. The van der Waals surface area contributed by atoms with Crippen LogP contribution in [0.1, 0.15) is 18.1 Å². The number of carbonyl (C=O) groups excluding carboxylic acids is 3. The summed E-state index contributed by atoms with van der Waals surface area (Å²) in [5.41, 5.74) is 1.09. The van der Waals surface area contributed by atoms with Gasteiger partial charge in [0.1, 0.15) is 13.2 Å². The number of benzene rings is 2. The molecule has 0 bridgehead atoms. The molecule has 2 aromatic carbocycles. The van der Waals surface area contributed by atoms with Crippen LogP contribution in [0.5, 0.6) is 5.75 Å². The van der Waals surface area contributed by atoms with Crippen LogP contribution in [0.3, 0.4) is 0 Å². The minimum absolute atomic E-state index is 0.0363. The Morgan fingerprint density at radius 2 is 1.82 bits per heavy atom. The van der Waals surface area contributed by atoms with Gasteiger partial charge in [-0.1, -0.05) is 23.2 Å². The zero-order valence-corrected chi connectivity index (χ0v) is 19.4. The van der Waals surface area contributed by atoms with Crippen LogP contribution in [0.4, 0.5) is 10.5 Å². The highest BCUT2D eigenvalue weighted by atomic mass is 35.5. The van der Waals surface area contributed by atoms with Crippen LogP contribution in [-0.4, -0.2) is 40.1 Å². The summed E-state index contributed by atoms with van der Waals surface area (Å²) in [5.74, 6) is -1.10. The summed E-state index contributed by atoms with van der Waals surface area (Å²) in [5, 5.41) is 10.5. The molecule has 12 heteroatoms. The second-order valence-electron chi connectivity index (χ2n) is 6.60. The van der Waals surface area contributed by atoms with Crippen molar-refractivity contribution in [2.24, 2.45) is 0 Å². The molecule has 2 amide bonds. The highest BCUT2D eigenvalue weighted by molar-refractivity contribution is 8.18. The predicted octanol–water partition coefficient (Wildman–Crippen LogP) is 5.08. The zero-order chi connectivity index (χ0) is 24.1. The van der Waals surface area contributed by atoms with Crippen LogP contribution >= 0.6 is 35.0 Å². The van der Waals surface area contributed by atoms with E-state index in [0.717, 1.165) is 4.90 Å². The van der Waals surface area contributed by atoms with E-state index in [2.05, 4.69) is 0 Å². The van der Waals surface area contributed by atoms with Gasteiger partial charge in [-0.05, 0) is 60.2 Å². The number of hydrogen-bond acceptors (Lipinski definition) is 8. The fourth-order valence-electron chi connectivity index (χ4n) is 2.79. The number of non-ortho nitro benzene ring substituents is 1. The second kappa shape index (κ2) is 10.7. The van der Waals surface area contributed by atoms with Crippen LogP contribution in [-0.2, 0) is 20.9 Å². The van der Waals surface area contributed by atoms with Gasteiger partial charge in [0.05, 0.1) is 26.5 Å². The van der Waals surface area contributed by atoms with E-state index in [4.69, 9.17) is 32.7 Å². The molecule has 0 spiro atoms. The number of carbonyl (C=O) groups is 3. The van der Waals surface area contributed by atoms with Gasteiger partial charge < -0.3 is 9.47 Å². The first kappa shape index (κ1) is 24.6. The minimum Gasteiger partial charge on any atom is -0.486 e. The molecule has 9 nitrogen and oxygen atoms in total. The number of nitrogens with zero attached hydrogens (tertiary/aromatic N) is 2. The number of nitro benzene ring substituents is 1. The lowest BCUT2D eigenvalue weighted by Gasteiger charge is -2.11. The molecule has 1 aliphatic rings. The van der Waals surface area contributed by atoms with E-state index in [9.17, 15) is 24.5 Å². The van der Waals surface area contributed by atoms with E-state index in [1.54, 1.807) is 19.1 Å². The average Bonchev–Trinajstić information content (AvgIpc) is 3.01. The normalized spacial score (nSPS) is 14.6. The molecule has 0 unspecified atom stereocenters. The van der Waals surface area contributed by atoms with Gasteiger partial charge in [0.2, 0.25) is 0 Å². The first-order valence-electron chi connectivity index (χ1n) is 9.45. The van der Waals surface area contributed by atoms with E-state index in [1.165, 1.54) is 30.3 Å². The zero-order valence-electron chi connectivity index (χ0n) is 17.1. The third-order valence-electron chi connectivity index (χ3n) is 4.31. The number of nitro groups is 1. The van der Waals surface area contributed by atoms with Crippen molar-refractivity contribution >= 4 is 63.8 Å². The number of imide groups is 1. The van der Waals surface area contributed by atoms with Crippen molar-refractivity contribution in [2.45, 2.75) is 13.5 Å². The number of amides is 2. The van der Waals surface area contributed by atoms with Crippen molar-refractivity contribution in [2.75, 3.05) is 13.2 Å². The maximum absolute atomic E-state index is 12.5. The summed E-state index contributed by atoms with van der Waals surface area (Å²) in [6.45, 7) is 1.37. The molecule has 0 atom stereocenters. The van der Waals surface area contributed by atoms with Crippen LogP contribution in [0, 0.1) is 10.1 Å². The van der Waals surface area contributed by atoms with Crippen molar-refractivity contribution < 1.29 is 28.8 Å². The predicted molar refractivity (Wildman–Crippen MR) is 123 cm³/mol. The van der Waals surface area contributed by atoms with Crippen LogP contribution in [0.2, 0.25) is 10.0 Å². The van der Waals surface area contributed by atoms with E-state index < -0.39 is 28.6 Å². The number of thioether (sulfide) groups is 1. The topological polar surface area (TPSA) is 116 Å². The van der Waals surface area contributed by atoms with Gasteiger partial charge in [-0.15, -0.1) is 0 Å². The van der Waals surface area contributed by atoms with Crippen molar-refractivity contribution in [3.63, 3.8) is 0 Å². The Balaban J connectivity index is 1.72. The Labute approximate surface area is 202 Å². The van der Waals surface area contributed by atoms with Crippen LogP contribution < -0.4 is 4.74 Å². The molecular weight excluding hydrogens is 495 g/mol. The lowest BCUT2D eigenvalue weighted by atomic mass is 10.2. The molecule has 0 radical (unpaired) electrons. The van der Waals surface area contributed by atoms with Gasteiger partial charge in [0.15, 0.2) is 5.75 Å². The number of rotatable bonds is 8. The van der Waals surface area contributed by atoms with Gasteiger partial charge >= 0.3 is 5.97 Å². The van der Waals surface area contributed by atoms with Crippen molar-refractivity contribution in [3.05, 3.63) is 72.6 Å². The van der Waals surface area contributed by atoms with Crippen LogP contribution in [0.25, 0.3) is 6.08 Å². The number of hydrogen-bond donors (Lipinski definition) is 0. The molecule has 1 aliphatic heterocycles. The van der Waals surface area contributed by atoms with E-state index in [0.29, 0.717) is 22.9 Å². The molecule has 3 rings (SSSR count). The highest BCUT2D eigenvalue weighted by Gasteiger charge is 2.36. The van der Waals surface area contributed by atoms with Crippen molar-refractivity contribution in [3.8, 4) is 5.75 Å². The quantitative estimate of drug-likeness (QED) is 0.209. The first-order valence-corrected chi connectivity index (χ1v) is 11.0.